The fourth-order valence-electron chi connectivity index (χ4n) is 3.14. The quantitative estimate of drug-likeness (QED) is 0.415. The van der Waals surface area contributed by atoms with Crippen LogP contribution >= 0.6 is 27.3 Å². The van der Waals surface area contributed by atoms with E-state index in [2.05, 4.69) is 47.0 Å². The van der Waals surface area contributed by atoms with Gasteiger partial charge >= 0.3 is 0 Å². The summed E-state index contributed by atoms with van der Waals surface area (Å²) in [5.74, 6) is -0.0620. The van der Waals surface area contributed by atoms with Crippen LogP contribution in [0, 0.1) is 13.8 Å². The summed E-state index contributed by atoms with van der Waals surface area (Å²) >= 11 is 4.98. The lowest BCUT2D eigenvalue weighted by molar-refractivity contribution is 0.0986. The van der Waals surface area contributed by atoms with Crippen LogP contribution in [0.5, 0.6) is 0 Å². The summed E-state index contributed by atoms with van der Waals surface area (Å²) in [6, 6.07) is 13.5. The highest BCUT2D eigenvalue weighted by atomic mass is 79.9. The van der Waals surface area contributed by atoms with Gasteiger partial charge in [-0.2, -0.15) is 5.10 Å². The van der Waals surface area contributed by atoms with E-state index in [9.17, 15) is 4.79 Å². The van der Waals surface area contributed by atoms with Gasteiger partial charge in [-0.3, -0.25) is 14.4 Å². The van der Waals surface area contributed by atoms with Crippen LogP contribution in [0.15, 0.2) is 59.3 Å². The molecule has 0 aliphatic rings. The minimum Gasteiger partial charge on any atom is -0.282 e. The predicted molar refractivity (Wildman–Crippen MR) is 117 cm³/mol. The van der Waals surface area contributed by atoms with E-state index in [1.165, 1.54) is 5.56 Å². The molecule has 28 heavy (non-hydrogen) atoms. The summed E-state index contributed by atoms with van der Waals surface area (Å²) in [6.45, 7) is 5.23. The first kappa shape index (κ1) is 18.8. The third kappa shape index (κ3) is 3.86. The molecule has 0 fully saturated rings. The first-order valence-corrected chi connectivity index (χ1v) is 10.5. The van der Waals surface area contributed by atoms with Crippen molar-refractivity contribution in [3.8, 4) is 0 Å². The molecule has 1 amide bonds. The largest absolute Gasteiger partial charge is 0.282 e. The maximum Gasteiger partial charge on any atom is 0.260 e. The zero-order chi connectivity index (χ0) is 19.7. The molecule has 0 aliphatic carbocycles. The average Bonchev–Trinajstić information content (AvgIpc) is 3.32. The fourth-order valence-corrected chi connectivity index (χ4v) is 4.57. The molecule has 2 aromatic heterocycles. The predicted octanol–water partition coefficient (Wildman–Crippen LogP) is 5.22. The van der Waals surface area contributed by atoms with Gasteiger partial charge in [0.05, 0.1) is 16.8 Å². The minimum absolute atomic E-state index is 0.0620. The van der Waals surface area contributed by atoms with Crippen molar-refractivity contribution in [3.05, 3.63) is 76.0 Å². The smallest absolute Gasteiger partial charge is 0.260 e. The van der Waals surface area contributed by atoms with E-state index in [1.54, 1.807) is 22.4 Å². The van der Waals surface area contributed by atoms with Crippen molar-refractivity contribution in [2.45, 2.75) is 20.4 Å². The second-order valence-corrected chi connectivity index (χ2v) is 8.58. The van der Waals surface area contributed by atoms with Gasteiger partial charge in [-0.05, 0) is 61.4 Å². The Balaban J connectivity index is 1.72. The number of anilines is 1. The summed E-state index contributed by atoms with van der Waals surface area (Å²) in [6.07, 6.45) is 3.64. The minimum atomic E-state index is -0.0620. The number of amides is 1. The average molecular weight is 455 g/mol. The highest BCUT2D eigenvalue weighted by molar-refractivity contribution is 9.10. The van der Waals surface area contributed by atoms with E-state index in [4.69, 9.17) is 4.98 Å². The molecule has 0 bridgehead atoms. The number of aromatic nitrogens is 3. The van der Waals surface area contributed by atoms with Gasteiger partial charge < -0.3 is 0 Å². The van der Waals surface area contributed by atoms with Crippen LogP contribution in [0.3, 0.4) is 0 Å². The first-order chi connectivity index (χ1) is 13.5. The van der Waals surface area contributed by atoms with Crippen molar-refractivity contribution in [3.63, 3.8) is 0 Å². The fraction of sp³-hybridized carbons (Fsp3) is 0.190. The van der Waals surface area contributed by atoms with Crippen molar-refractivity contribution < 1.29 is 4.79 Å². The molecule has 2 aromatic carbocycles. The van der Waals surface area contributed by atoms with Crippen molar-refractivity contribution in [1.82, 2.24) is 14.8 Å². The van der Waals surface area contributed by atoms with Gasteiger partial charge in [0.2, 0.25) is 0 Å². The Bertz CT molecular complexity index is 1120. The Morgan fingerprint density at radius 1 is 1.21 bits per heavy atom. The van der Waals surface area contributed by atoms with Gasteiger partial charge in [-0.25, -0.2) is 4.98 Å². The lowest BCUT2D eigenvalue weighted by Crippen LogP contribution is -2.34. The molecule has 0 radical (unpaired) electrons. The van der Waals surface area contributed by atoms with Crippen LogP contribution in [0.4, 0.5) is 5.13 Å². The van der Waals surface area contributed by atoms with Gasteiger partial charge in [0.25, 0.3) is 5.91 Å². The van der Waals surface area contributed by atoms with Crippen molar-refractivity contribution in [2.24, 2.45) is 0 Å². The molecule has 4 aromatic rings. The SMILES string of the molecule is Cc1cc(C)c2nc(N(CCn3cccn3)C(=O)c3ccc(Br)cc3)sc2c1. The highest BCUT2D eigenvalue weighted by Gasteiger charge is 2.22. The topological polar surface area (TPSA) is 51.0 Å². The summed E-state index contributed by atoms with van der Waals surface area (Å²) in [4.78, 5) is 19.8. The molecule has 2 heterocycles. The highest BCUT2D eigenvalue weighted by Crippen LogP contribution is 2.32. The molecule has 0 saturated carbocycles. The molecule has 5 nitrogen and oxygen atoms in total. The molecule has 0 saturated heterocycles. The second kappa shape index (κ2) is 7.85. The number of hydrogen-bond donors (Lipinski definition) is 0. The number of benzene rings is 2. The lowest BCUT2D eigenvalue weighted by atomic mass is 10.1. The Hall–Kier alpha value is -2.51. The molecule has 0 unspecified atom stereocenters. The van der Waals surface area contributed by atoms with Crippen LogP contribution < -0.4 is 4.90 Å². The number of nitrogens with zero attached hydrogens (tertiary/aromatic N) is 4. The maximum atomic E-state index is 13.3. The Morgan fingerprint density at radius 3 is 2.71 bits per heavy atom. The normalized spacial score (nSPS) is 11.1. The molecule has 0 aliphatic heterocycles. The molecular weight excluding hydrogens is 436 g/mol. The number of carbonyl (C=O) groups is 1. The standard InChI is InChI=1S/C21H19BrN4OS/c1-14-12-15(2)19-18(13-14)28-21(24-19)26(11-10-25-9-3-8-23-25)20(27)16-4-6-17(22)7-5-16/h3-9,12-13H,10-11H2,1-2H3. The summed E-state index contributed by atoms with van der Waals surface area (Å²) in [5.41, 5.74) is 3.91. The van der Waals surface area contributed by atoms with E-state index in [-0.39, 0.29) is 5.91 Å². The molecule has 142 valence electrons. The van der Waals surface area contributed by atoms with Crippen molar-refractivity contribution >= 4 is 48.5 Å². The molecule has 4 rings (SSSR count). The molecule has 0 spiro atoms. The second-order valence-electron chi connectivity index (χ2n) is 6.66. The molecule has 0 N–H and O–H groups in total. The van der Waals surface area contributed by atoms with E-state index in [1.807, 2.05) is 41.2 Å². The summed E-state index contributed by atoms with van der Waals surface area (Å²) in [5, 5.41) is 4.96. The van der Waals surface area contributed by atoms with Gasteiger partial charge in [0.15, 0.2) is 5.13 Å². The third-order valence-corrected chi connectivity index (χ3v) is 6.05. The number of carbonyl (C=O) groups excluding carboxylic acids is 1. The van der Waals surface area contributed by atoms with Crippen LogP contribution in [-0.4, -0.2) is 27.2 Å². The van der Waals surface area contributed by atoms with Gasteiger partial charge in [-0.1, -0.05) is 33.3 Å². The molecule has 7 heteroatoms. The van der Waals surface area contributed by atoms with Crippen molar-refractivity contribution in [1.29, 1.82) is 0 Å². The summed E-state index contributed by atoms with van der Waals surface area (Å²) in [7, 11) is 0. The van der Waals surface area contributed by atoms with Crippen LogP contribution in [0.2, 0.25) is 0 Å². The monoisotopic (exact) mass is 454 g/mol. The van der Waals surface area contributed by atoms with Crippen molar-refractivity contribution in [2.75, 3.05) is 11.4 Å². The number of hydrogen-bond acceptors (Lipinski definition) is 4. The Kier molecular flexibility index (Phi) is 5.28. The van der Waals surface area contributed by atoms with Gasteiger partial charge in [0.1, 0.15) is 0 Å². The van der Waals surface area contributed by atoms with Gasteiger partial charge in [-0.15, -0.1) is 0 Å². The number of rotatable bonds is 5. The first-order valence-electron chi connectivity index (χ1n) is 8.94. The van der Waals surface area contributed by atoms with Crippen LogP contribution in [0.1, 0.15) is 21.5 Å². The lowest BCUT2D eigenvalue weighted by Gasteiger charge is -2.20. The van der Waals surface area contributed by atoms with E-state index >= 15 is 0 Å². The zero-order valence-electron chi connectivity index (χ0n) is 15.6. The van der Waals surface area contributed by atoms with Gasteiger partial charge in [0, 0.05) is 29.0 Å². The Morgan fingerprint density at radius 2 is 2.00 bits per heavy atom. The number of halogens is 1. The third-order valence-electron chi connectivity index (χ3n) is 4.50. The summed E-state index contributed by atoms with van der Waals surface area (Å²) < 4.78 is 3.86. The van der Waals surface area contributed by atoms with E-state index in [0.29, 0.717) is 23.8 Å². The zero-order valence-corrected chi connectivity index (χ0v) is 18.0. The molecular formula is C21H19BrN4OS. The van der Waals surface area contributed by atoms with Crippen LogP contribution in [-0.2, 0) is 6.54 Å². The number of fused-ring (bicyclic) bond motifs is 1. The number of thiazole rings is 1. The molecule has 0 atom stereocenters. The van der Waals surface area contributed by atoms with E-state index in [0.717, 1.165) is 20.3 Å². The maximum absolute atomic E-state index is 13.3. The van der Waals surface area contributed by atoms with Crippen LogP contribution in [0.25, 0.3) is 10.2 Å². The van der Waals surface area contributed by atoms with E-state index < -0.39 is 0 Å². The Labute approximate surface area is 175 Å². The number of aryl methyl sites for hydroxylation is 2.